The van der Waals surface area contributed by atoms with E-state index in [9.17, 15) is 18.3 Å². The zero-order chi connectivity index (χ0) is 28.9. The van der Waals surface area contributed by atoms with Gasteiger partial charge in [-0.15, -0.1) is 0 Å². The van der Waals surface area contributed by atoms with E-state index in [1.807, 2.05) is 54.6 Å². The van der Waals surface area contributed by atoms with Crippen LogP contribution in [0.15, 0.2) is 85.1 Å². The van der Waals surface area contributed by atoms with Gasteiger partial charge in [0.15, 0.2) is 0 Å². The van der Waals surface area contributed by atoms with Crippen molar-refractivity contribution in [1.29, 1.82) is 0 Å². The fourth-order valence-corrected chi connectivity index (χ4v) is 4.69. The standard InChI is InChI=1S/C32H32N2O5S/c1-32(2,3)26-18-23(12-13-24-14-15-27(34-40(4,37)38)20-29(24)31(35)36)17-25(19-26)28-11-8-16-33-30(28)39-21-22-9-6-5-7-10-22/h5-20,34H,21H2,1-4H3,(H,35,36)/b13-12+. The van der Waals surface area contributed by atoms with Crippen LogP contribution in [-0.4, -0.2) is 30.7 Å². The van der Waals surface area contributed by atoms with Crippen LogP contribution in [0.5, 0.6) is 5.88 Å². The molecule has 0 spiro atoms. The zero-order valence-corrected chi connectivity index (χ0v) is 23.7. The third-order valence-electron chi connectivity index (χ3n) is 6.16. The number of hydrogen-bond donors (Lipinski definition) is 2. The fraction of sp³-hybridized carbons (Fsp3) is 0.188. The molecule has 206 valence electrons. The van der Waals surface area contributed by atoms with E-state index in [0.717, 1.165) is 34.1 Å². The molecule has 1 aromatic heterocycles. The number of benzene rings is 3. The van der Waals surface area contributed by atoms with Crippen LogP contribution in [-0.2, 0) is 22.0 Å². The molecule has 0 aliphatic heterocycles. The van der Waals surface area contributed by atoms with Crippen LogP contribution in [0.2, 0.25) is 0 Å². The molecule has 0 fully saturated rings. The van der Waals surface area contributed by atoms with Gasteiger partial charge in [0.25, 0.3) is 0 Å². The number of ether oxygens (including phenoxy) is 1. The summed E-state index contributed by atoms with van der Waals surface area (Å²) in [6.45, 7) is 6.78. The molecule has 0 radical (unpaired) electrons. The van der Waals surface area contributed by atoms with Gasteiger partial charge in [0.2, 0.25) is 15.9 Å². The maximum absolute atomic E-state index is 11.9. The Kier molecular flexibility index (Phi) is 8.40. The molecule has 0 aliphatic rings. The number of carbonyl (C=O) groups is 1. The van der Waals surface area contributed by atoms with E-state index in [4.69, 9.17) is 4.74 Å². The summed E-state index contributed by atoms with van der Waals surface area (Å²) in [4.78, 5) is 16.4. The number of aromatic nitrogens is 1. The number of hydrogen-bond acceptors (Lipinski definition) is 5. The third-order valence-corrected chi connectivity index (χ3v) is 6.77. The number of aromatic carboxylic acids is 1. The fourth-order valence-electron chi connectivity index (χ4n) is 4.14. The molecular formula is C32H32N2O5S. The van der Waals surface area contributed by atoms with Gasteiger partial charge in [-0.25, -0.2) is 18.2 Å². The minimum absolute atomic E-state index is 0.0130. The molecule has 0 bridgehead atoms. The quantitative estimate of drug-likeness (QED) is 0.218. The van der Waals surface area contributed by atoms with Crippen LogP contribution in [0.4, 0.5) is 5.69 Å². The molecule has 0 aliphatic carbocycles. The van der Waals surface area contributed by atoms with E-state index in [2.05, 4.69) is 42.6 Å². The number of carboxylic acid groups (broad SMARTS) is 1. The lowest BCUT2D eigenvalue weighted by Crippen LogP contribution is -2.11. The van der Waals surface area contributed by atoms with Gasteiger partial charge in [0.1, 0.15) is 6.61 Å². The zero-order valence-electron chi connectivity index (χ0n) is 22.9. The van der Waals surface area contributed by atoms with Crippen molar-refractivity contribution < 1.29 is 23.1 Å². The molecule has 8 heteroatoms. The molecule has 0 unspecified atom stereocenters. The van der Waals surface area contributed by atoms with E-state index in [-0.39, 0.29) is 16.7 Å². The first-order chi connectivity index (χ1) is 18.9. The van der Waals surface area contributed by atoms with Crippen LogP contribution in [0, 0.1) is 0 Å². The summed E-state index contributed by atoms with van der Waals surface area (Å²) < 4.78 is 31.6. The third kappa shape index (κ3) is 7.57. The van der Waals surface area contributed by atoms with Crippen molar-refractivity contribution in [2.45, 2.75) is 32.8 Å². The number of nitrogens with zero attached hydrogens (tertiary/aromatic N) is 1. The molecule has 1 heterocycles. The van der Waals surface area contributed by atoms with Crippen LogP contribution in [0.1, 0.15) is 53.4 Å². The topological polar surface area (TPSA) is 106 Å². The van der Waals surface area contributed by atoms with E-state index >= 15 is 0 Å². The molecule has 0 atom stereocenters. The highest BCUT2D eigenvalue weighted by Crippen LogP contribution is 2.34. The smallest absolute Gasteiger partial charge is 0.336 e. The van der Waals surface area contributed by atoms with Gasteiger partial charge >= 0.3 is 5.97 Å². The molecule has 7 nitrogen and oxygen atoms in total. The summed E-state index contributed by atoms with van der Waals surface area (Å²) in [5.74, 6) is -0.633. The minimum Gasteiger partial charge on any atom is -0.478 e. The lowest BCUT2D eigenvalue weighted by atomic mass is 9.84. The first-order valence-corrected chi connectivity index (χ1v) is 14.6. The molecule has 40 heavy (non-hydrogen) atoms. The average molecular weight is 557 g/mol. The molecule has 0 saturated carbocycles. The van der Waals surface area contributed by atoms with Gasteiger partial charge in [0.05, 0.1) is 11.8 Å². The second kappa shape index (κ2) is 11.8. The maximum atomic E-state index is 11.9. The number of sulfonamides is 1. The maximum Gasteiger partial charge on any atom is 0.336 e. The average Bonchev–Trinajstić information content (AvgIpc) is 2.90. The lowest BCUT2D eigenvalue weighted by Gasteiger charge is -2.21. The first kappa shape index (κ1) is 28.6. The molecule has 0 amide bonds. The van der Waals surface area contributed by atoms with Gasteiger partial charge in [-0.05, 0) is 63.6 Å². The first-order valence-electron chi connectivity index (χ1n) is 12.7. The van der Waals surface area contributed by atoms with Crippen molar-refractivity contribution in [2.24, 2.45) is 0 Å². The van der Waals surface area contributed by atoms with Crippen molar-refractivity contribution in [2.75, 3.05) is 11.0 Å². The molecular weight excluding hydrogens is 524 g/mol. The number of rotatable bonds is 9. The van der Waals surface area contributed by atoms with Crippen molar-refractivity contribution in [1.82, 2.24) is 4.98 Å². The Morgan fingerprint density at radius 1 is 0.975 bits per heavy atom. The molecule has 3 aromatic carbocycles. The number of pyridine rings is 1. The van der Waals surface area contributed by atoms with Crippen molar-refractivity contribution in [3.63, 3.8) is 0 Å². The highest BCUT2D eigenvalue weighted by atomic mass is 32.2. The van der Waals surface area contributed by atoms with Crippen molar-refractivity contribution in [3.05, 3.63) is 113 Å². The normalized spacial score (nSPS) is 11.9. The van der Waals surface area contributed by atoms with Crippen LogP contribution in [0.3, 0.4) is 0 Å². The summed E-state index contributed by atoms with van der Waals surface area (Å²) in [7, 11) is -3.54. The van der Waals surface area contributed by atoms with Gasteiger partial charge in [0, 0.05) is 17.4 Å². The van der Waals surface area contributed by atoms with Gasteiger partial charge in [-0.1, -0.05) is 81.5 Å². The molecule has 0 saturated heterocycles. The summed E-state index contributed by atoms with van der Waals surface area (Å²) in [5.41, 5.74) is 5.24. The summed E-state index contributed by atoms with van der Waals surface area (Å²) in [6, 6.07) is 24.4. The molecule has 2 N–H and O–H groups in total. The Hall–Kier alpha value is -4.43. The van der Waals surface area contributed by atoms with Gasteiger partial charge < -0.3 is 9.84 Å². The second-order valence-corrected chi connectivity index (χ2v) is 12.3. The van der Waals surface area contributed by atoms with E-state index in [0.29, 0.717) is 18.1 Å². The Labute approximate surface area is 235 Å². The monoisotopic (exact) mass is 556 g/mol. The SMILES string of the molecule is CC(C)(C)c1cc(/C=C/c2ccc(NS(C)(=O)=O)cc2C(=O)O)cc(-c2cccnc2OCc2ccccc2)c1. The van der Waals surface area contributed by atoms with Gasteiger partial charge in [-0.3, -0.25) is 4.72 Å². The van der Waals surface area contributed by atoms with Gasteiger partial charge in [-0.2, -0.15) is 0 Å². The number of anilines is 1. The predicted molar refractivity (Wildman–Crippen MR) is 160 cm³/mol. The molecule has 4 aromatic rings. The van der Waals surface area contributed by atoms with Crippen molar-refractivity contribution >= 4 is 33.8 Å². The number of nitrogens with one attached hydrogen (secondary N) is 1. The van der Waals surface area contributed by atoms with Crippen LogP contribution in [0.25, 0.3) is 23.3 Å². The Morgan fingerprint density at radius 2 is 1.73 bits per heavy atom. The van der Waals surface area contributed by atoms with E-state index in [1.165, 1.54) is 12.1 Å². The second-order valence-electron chi connectivity index (χ2n) is 10.5. The van der Waals surface area contributed by atoms with E-state index < -0.39 is 16.0 Å². The largest absolute Gasteiger partial charge is 0.478 e. The van der Waals surface area contributed by atoms with Crippen molar-refractivity contribution in [3.8, 4) is 17.0 Å². The van der Waals surface area contributed by atoms with Crippen LogP contribution < -0.4 is 9.46 Å². The Balaban J connectivity index is 1.72. The highest BCUT2D eigenvalue weighted by molar-refractivity contribution is 7.92. The summed E-state index contributed by atoms with van der Waals surface area (Å²) in [6.07, 6.45) is 6.29. The molecule has 4 rings (SSSR count). The lowest BCUT2D eigenvalue weighted by molar-refractivity contribution is 0.0696. The Bertz CT molecular complexity index is 1660. The Morgan fingerprint density at radius 3 is 2.40 bits per heavy atom. The minimum atomic E-state index is -3.54. The van der Waals surface area contributed by atoms with Crippen LogP contribution >= 0.6 is 0 Å². The van der Waals surface area contributed by atoms with E-state index in [1.54, 1.807) is 18.3 Å². The summed E-state index contributed by atoms with van der Waals surface area (Å²) in [5, 5.41) is 9.76. The highest BCUT2D eigenvalue weighted by Gasteiger charge is 2.18. The number of carboxylic acids is 1. The summed E-state index contributed by atoms with van der Waals surface area (Å²) >= 11 is 0. The predicted octanol–water partition coefficient (Wildman–Crippen LogP) is 6.87.